The molecule has 0 bridgehead atoms. The molecule has 2 aromatic rings. The van der Waals surface area contributed by atoms with Gasteiger partial charge in [0.1, 0.15) is 10.2 Å². The lowest BCUT2D eigenvalue weighted by atomic mass is 10.3. The van der Waals surface area contributed by atoms with Crippen molar-refractivity contribution in [1.82, 2.24) is 15.0 Å². The number of rotatable bonds is 2. The van der Waals surface area contributed by atoms with Crippen molar-refractivity contribution < 1.29 is 0 Å². The number of hydrogen-bond donors (Lipinski definition) is 1. The molecule has 4 nitrogen and oxygen atoms in total. The smallest absolute Gasteiger partial charge is 0.265 e. The zero-order chi connectivity index (χ0) is 12.4. The first-order valence-electron chi connectivity index (χ1n) is 5.03. The molecule has 0 saturated heterocycles. The van der Waals surface area contributed by atoms with Crippen LogP contribution in [0.25, 0.3) is 11.5 Å². The molecule has 0 unspecified atom stereocenters. The van der Waals surface area contributed by atoms with E-state index >= 15 is 0 Å². The maximum absolute atomic E-state index is 11.7. The highest BCUT2D eigenvalue weighted by molar-refractivity contribution is 9.10. The maximum Gasteiger partial charge on any atom is 0.265 e. The van der Waals surface area contributed by atoms with E-state index in [1.54, 1.807) is 6.20 Å². The van der Waals surface area contributed by atoms with Crippen molar-refractivity contribution in [3.8, 4) is 11.5 Å². The molecular weight excluding hydrogens is 350 g/mol. The average molecular weight is 359 g/mol. The highest BCUT2D eigenvalue weighted by atomic mass is 79.9. The van der Waals surface area contributed by atoms with Crippen LogP contribution in [0.2, 0.25) is 0 Å². The Hall–Kier alpha value is -1.01. The summed E-state index contributed by atoms with van der Waals surface area (Å²) in [4.78, 5) is 23.0. The quantitative estimate of drug-likeness (QED) is 0.897. The van der Waals surface area contributed by atoms with Gasteiger partial charge in [-0.05, 0) is 50.4 Å². The van der Waals surface area contributed by atoms with E-state index < -0.39 is 0 Å². The van der Waals surface area contributed by atoms with E-state index in [0.29, 0.717) is 22.4 Å². The average Bonchev–Trinajstić information content (AvgIpc) is 2.33. The van der Waals surface area contributed by atoms with Gasteiger partial charge in [-0.1, -0.05) is 6.92 Å². The van der Waals surface area contributed by atoms with E-state index in [2.05, 4.69) is 46.8 Å². The van der Waals surface area contributed by atoms with Crippen LogP contribution in [0.3, 0.4) is 0 Å². The largest absolute Gasteiger partial charge is 0.304 e. The Morgan fingerprint density at radius 1 is 1.41 bits per heavy atom. The molecule has 0 aliphatic heterocycles. The second-order valence-corrected chi connectivity index (χ2v) is 5.01. The molecule has 0 amide bonds. The van der Waals surface area contributed by atoms with E-state index in [-0.39, 0.29) is 5.56 Å². The van der Waals surface area contributed by atoms with Gasteiger partial charge in [0.15, 0.2) is 5.82 Å². The van der Waals surface area contributed by atoms with Crippen LogP contribution < -0.4 is 5.56 Å². The maximum atomic E-state index is 11.7. The second-order valence-electron chi connectivity index (χ2n) is 3.36. The number of hydrogen-bond acceptors (Lipinski definition) is 3. The van der Waals surface area contributed by atoms with Crippen LogP contribution in [0.15, 0.2) is 32.1 Å². The van der Waals surface area contributed by atoms with E-state index in [9.17, 15) is 4.79 Å². The Bertz CT molecular complexity index is 610. The molecule has 1 N–H and O–H groups in total. The summed E-state index contributed by atoms with van der Waals surface area (Å²) in [5.41, 5.74) is 1.16. The lowest BCUT2D eigenvalue weighted by Gasteiger charge is -2.05. The van der Waals surface area contributed by atoms with Gasteiger partial charge in [0.2, 0.25) is 0 Å². The van der Waals surface area contributed by atoms with Crippen molar-refractivity contribution in [2.75, 3.05) is 0 Å². The van der Waals surface area contributed by atoms with Crippen LogP contribution in [0.4, 0.5) is 0 Å². The SMILES string of the molecule is CCc1nc(-c2ncccc2Br)[nH]c(=O)c1Br. The van der Waals surface area contributed by atoms with Crippen LogP contribution in [0.5, 0.6) is 0 Å². The molecule has 0 radical (unpaired) electrons. The molecule has 0 spiro atoms. The van der Waals surface area contributed by atoms with Gasteiger partial charge in [0, 0.05) is 10.7 Å². The van der Waals surface area contributed by atoms with Crippen LogP contribution in [0, 0.1) is 0 Å². The fraction of sp³-hybridized carbons (Fsp3) is 0.182. The lowest BCUT2D eigenvalue weighted by molar-refractivity contribution is 0.962. The third kappa shape index (κ3) is 2.47. The normalized spacial score (nSPS) is 10.5. The minimum absolute atomic E-state index is 0.190. The number of aryl methyl sites for hydroxylation is 1. The first-order chi connectivity index (χ1) is 8.13. The Morgan fingerprint density at radius 2 is 2.18 bits per heavy atom. The minimum Gasteiger partial charge on any atom is -0.304 e. The lowest BCUT2D eigenvalue weighted by Crippen LogP contribution is -2.13. The van der Waals surface area contributed by atoms with Crippen molar-refractivity contribution in [3.05, 3.63) is 43.3 Å². The number of aromatic amines is 1. The third-order valence-electron chi connectivity index (χ3n) is 2.25. The van der Waals surface area contributed by atoms with Gasteiger partial charge in [-0.2, -0.15) is 0 Å². The van der Waals surface area contributed by atoms with Crippen molar-refractivity contribution in [1.29, 1.82) is 0 Å². The van der Waals surface area contributed by atoms with Crippen LogP contribution in [-0.2, 0) is 6.42 Å². The van der Waals surface area contributed by atoms with E-state index in [0.717, 1.165) is 10.2 Å². The molecule has 0 saturated carbocycles. The molecule has 0 fully saturated rings. The Morgan fingerprint density at radius 3 is 2.82 bits per heavy atom. The van der Waals surface area contributed by atoms with E-state index in [4.69, 9.17) is 0 Å². The monoisotopic (exact) mass is 357 g/mol. The van der Waals surface area contributed by atoms with E-state index in [1.165, 1.54) is 0 Å². The standard InChI is InChI=1S/C11H9Br2N3O/c1-2-7-8(13)11(17)16-10(15-7)9-6(12)4-3-5-14-9/h3-5H,2H2,1H3,(H,15,16,17). The molecular formula is C11H9Br2N3O. The molecule has 88 valence electrons. The fourth-order valence-corrected chi connectivity index (χ4v) is 2.32. The molecule has 0 aliphatic carbocycles. The summed E-state index contributed by atoms with van der Waals surface area (Å²) in [7, 11) is 0. The summed E-state index contributed by atoms with van der Waals surface area (Å²) in [5, 5.41) is 0. The third-order valence-corrected chi connectivity index (χ3v) is 3.71. The van der Waals surface area contributed by atoms with Gasteiger partial charge in [-0.3, -0.25) is 9.78 Å². The van der Waals surface area contributed by atoms with Gasteiger partial charge in [0.25, 0.3) is 5.56 Å². The minimum atomic E-state index is -0.190. The predicted molar refractivity (Wildman–Crippen MR) is 72.9 cm³/mol. The number of aromatic nitrogens is 3. The molecule has 17 heavy (non-hydrogen) atoms. The van der Waals surface area contributed by atoms with Crippen molar-refractivity contribution in [2.24, 2.45) is 0 Å². The number of pyridine rings is 1. The molecule has 2 rings (SSSR count). The fourth-order valence-electron chi connectivity index (χ4n) is 1.41. The molecule has 0 aromatic carbocycles. The number of nitrogens with one attached hydrogen (secondary N) is 1. The van der Waals surface area contributed by atoms with Gasteiger partial charge < -0.3 is 4.98 Å². The Balaban J connectivity index is 2.66. The Labute approximate surface area is 115 Å². The van der Waals surface area contributed by atoms with Gasteiger partial charge in [-0.25, -0.2) is 4.98 Å². The topological polar surface area (TPSA) is 58.6 Å². The van der Waals surface area contributed by atoms with Gasteiger partial charge in [-0.15, -0.1) is 0 Å². The zero-order valence-electron chi connectivity index (χ0n) is 9.00. The van der Waals surface area contributed by atoms with Gasteiger partial charge in [0.05, 0.1) is 5.69 Å². The zero-order valence-corrected chi connectivity index (χ0v) is 12.2. The molecule has 2 heterocycles. The van der Waals surface area contributed by atoms with Crippen molar-refractivity contribution in [3.63, 3.8) is 0 Å². The molecule has 6 heteroatoms. The summed E-state index contributed by atoms with van der Waals surface area (Å²) < 4.78 is 1.28. The summed E-state index contributed by atoms with van der Waals surface area (Å²) in [6.07, 6.45) is 2.34. The Kier molecular flexibility index (Phi) is 3.73. The molecule has 0 aliphatic rings. The predicted octanol–water partition coefficient (Wildman–Crippen LogP) is 2.92. The summed E-state index contributed by atoms with van der Waals surface area (Å²) in [6, 6.07) is 3.67. The number of H-pyrrole nitrogens is 1. The summed E-state index contributed by atoms with van der Waals surface area (Å²) in [5.74, 6) is 0.475. The number of nitrogens with zero attached hydrogens (tertiary/aromatic N) is 2. The second kappa shape index (κ2) is 5.10. The van der Waals surface area contributed by atoms with E-state index in [1.807, 2.05) is 19.1 Å². The van der Waals surface area contributed by atoms with Crippen LogP contribution in [-0.4, -0.2) is 15.0 Å². The first-order valence-corrected chi connectivity index (χ1v) is 6.61. The molecule has 0 atom stereocenters. The highest BCUT2D eigenvalue weighted by Crippen LogP contribution is 2.23. The highest BCUT2D eigenvalue weighted by Gasteiger charge is 2.11. The van der Waals surface area contributed by atoms with Crippen LogP contribution in [0.1, 0.15) is 12.6 Å². The molecule has 2 aromatic heterocycles. The summed E-state index contributed by atoms with van der Waals surface area (Å²) >= 11 is 6.61. The van der Waals surface area contributed by atoms with Gasteiger partial charge >= 0.3 is 0 Å². The van der Waals surface area contributed by atoms with Crippen molar-refractivity contribution >= 4 is 31.9 Å². The van der Waals surface area contributed by atoms with Crippen LogP contribution >= 0.6 is 31.9 Å². The summed E-state index contributed by atoms with van der Waals surface area (Å²) in [6.45, 7) is 1.95. The van der Waals surface area contributed by atoms with Crippen molar-refractivity contribution in [2.45, 2.75) is 13.3 Å². The first kappa shape index (κ1) is 12.4. The number of halogens is 2.